The molecule has 0 aliphatic rings. The molecular weight excluding hydrogens is 460 g/mol. The van der Waals surface area contributed by atoms with Crippen molar-refractivity contribution < 1.29 is 24.1 Å². The van der Waals surface area contributed by atoms with E-state index in [0.717, 1.165) is 22.6 Å². The van der Waals surface area contributed by atoms with Crippen LogP contribution in [0.2, 0.25) is 0 Å². The van der Waals surface area contributed by atoms with Gasteiger partial charge in [-0.2, -0.15) is 0 Å². The van der Waals surface area contributed by atoms with Crippen molar-refractivity contribution in [1.29, 1.82) is 0 Å². The fourth-order valence-electron chi connectivity index (χ4n) is 3.33. The van der Waals surface area contributed by atoms with Crippen molar-refractivity contribution in [2.24, 2.45) is 0 Å². The van der Waals surface area contributed by atoms with E-state index < -0.39 is 11.6 Å². The summed E-state index contributed by atoms with van der Waals surface area (Å²) in [5.41, 5.74) is 0.799. The highest BCUT2D eigenvalue weighted by Crippen LogP contribution is 2.36. The fraction of sp³-hybridized carbons (Fsp3) is 0.345. The Bertz CT molecular complexity index is 1130. The maximum Gasteiger partial charge on any atom is 0.347 e. The molecule has 35 heavy (non-hydrogen) atoms. The number of aryl methyl sites for hydroxylation is 2. The van der Waals surface area contributed by atoms with Gasteiger partial charge < -0.3 is 19.3 Å². The minimum absolute atomic E-state index is 0.0299. The highest BCUT2D eigenvalue weighted by molar-refractivity contribution is 7.99. The minimum atomic E-state index is -1.30. The first-order valence-electron chi connectivity index (χ1n) is 11.9. The zero-order chi connectivity index (χ0) is 25.4. The van der Waals surface area contributed by atoms with Crippen molar-refractivity contribution in [3.05, 3.63) is 77.9 Å². The van der Waals surface area contributed by atoms with Crippen molar-refractivity contribution in [1.82, 2.24) is 0 Å². The summed E-state index contributed by atoms with van der Waals surface area (Å²) in [4.78, 5) is 13.6. The predicted molar refractivity (Wildman–Crippen MR) is 140 cm³/mol. The smallest absolute Gasteiger partial charge is 0.347 e. The maximum atomic E-state index is 11.3. The van der Waals surface area contributed by atoms with Gasteiger partial charge >= 0.3 is 5.97 Å². The van der Waals surface area contributed by atoms with E-state index >= 15 is 0 Å². The van der Waals surface area contributed by atoms with Crippen LogP contribution in [0.25, 0.3) is 0 Å². The van der Waals surface area contributed by atoms with E-state index in [1.54, 1.807) is 23.9 Å². The molecule has 0 aromatic heterocycles. The van der Waals surface area contributed by atoms with Crippen LogP contribution >= 0.6 is 11.8 Å². The van der Waals surface area contributed by atoms with Crippen molar-refractivity contribution >= 4 is 17.7 Å². The molecule has 0 saturated carbocycles. The van der Waals surface area contributed by atoms with Crippen LogP contribution in [0.3, 0.4) is 0 Å². The maximum absolute atomic E-state index is 11.3. The van der Waals surface area contributed by atoms with Gasteiger partial charge in [-0.25, -0.2) is 4.79 Å². The highest BCUT2D eigenvalue weighted by atomic mass is 32.2. The summed E-state index contributed by atoms with van der Waals surface area (Å²) < 4.78 is 17.9. The number of hydrogen-bond donors (Lipinski definition) is 1. The van der Waals surface area contributed by atoms with Crippen molar-refractivity contribution in [3.8, 4) is 17.2 Å². The lowest BCUT2D eigenvalue weighted by molar-refractivity contribution is -0.152. The first-order valence-corrected chi connectivity index (χ1v) is 12.7. The monoisotopic (exact) mass is 494 g/mol. The summed E-state index contributed by atoms with van der Waals surface area (Å²) in [6, 6.07) is 22.1. The highest BCUT2D eigenvalue weighted by Gasteiger charge is 2.29. The summed E-state index contributed by atoms with van der Waals surface area (Å²) in [7, 11) is 0. The van der Waals surface area contributed by atoms with Gasteiger partial charge in [0.15, 0.2) is 5.60 Å². The molecule has 1 unspecified atom stereocenters. The Morgan fingerprint density at radius 3 is 2.40 bits per heavy atom. The average Bonchev–Trinajstić information content (AvgIpc) is 2.82. The van der Waals surface area contributed by atoms with E-state index in [-0.39, 0.29) is 6.10 Å². The van der Waals surface area contributed by atoms with E-state index in [1.807, 2.05) is 38.1 Å². The Morgan fingerprint density at radius 1 is 1.03 bits per heavy atom. The molecule has 1 N–H and O–H groups in total. The normalized spacial score (nSPS) is 12.1. The van der Waals surface area contributed by atoms with E-state index in [4.69, 9.17) is 14.2 Å². The second-order valence-electron chi connectivity index (χ2n) is 8.96. The van der Waals surface area contributed by atoms with E-state index in [1.165, 1.54) is 24.3 Å². The SMILES string of the molecule is CCc1ccc(OC(C)CCOc2ccc(OC(C)(C)C(=O)O)c(C)c2)c(Sc2ccccc2)c1. The second kappa shape index (κ2) is 12.0. The Morgan fingerprint density at radius 2 is 1.74 bits per heavy atom. The summed E-state index contributed by atoms with van der Waals surface area (Å²) in [6.07, 6.45) is 1.66. The van der Waals surface area contributed by atoms with E-state index in [9.17, 15) is 9.90 Å². The lowest BCUT2D eigenvalue weighted by Gasteiger charge is -2.23. The van der Waals surface area contributed by atoms with Crippen molar-refractivity contribution in [2.45, 2.75) is 69.0 Å². The Kier molecular flexibility index (Phi) is 9.10. The van der Waals surface area contributed by atoms with Gasteiger partial charge in [0, 0.05) is 11.3 Å². The lowest BCUT2D eigenvalue weighted by atomic mass is 10.1. The zero-order valence-corrected chi connectivity index (χ0v) is 21.9. The summed E-state index contributed by atoms with van der Waals surface area (Å²) in [6.45, 7) is 9.62. The third-order valence-corrected chi connectivity index (χ3v) is 6.58. The number of carboxylic acid groups (broad SMARTS) is 1. The molecule has 0 radical (unpaired) electrons. The lowest BCUT2D eigenvalue weighted by Crippen LogP contribution is -2.38. The Balaban J connectivity index is 1.57. The number of carbonyl (C=O) groups is 1. The number of benzene rings is 3. The number of aliphatic carboxylic acids is 1. The van der Waals surface area contributed by atoms with Crippen LogP contribution in [0.5, 0.6) is 17.2 Å². The quantitative estimate of drug-likeness (QED) is 0.287. The van der Waals surface area contributed by atoms with Crippen molar-refractivity contribution in [2.75, 3.05) is 6.61 Å². The van der Waals surface area contributed by atoms with Gasteiger partial charge in [0.1, 0.15) is 17.2 Å². The molecule has 186 valence electrons. The topological polar surface area (TPSA) is 65.0 Å². The molecule has 0 heterocycles. The number of ether oxygens (including phenoxy) is 3. The number of hydrogen-bond acceptors (Lipinski definition) is 5. The summed E-state index contributed by atoms with van der Waals surface area (Å²) in [5.74, 6) is 1.10. The fourth-order valence-corrected chi connectivity index (χ4v) is 4.30. The molecule has 0 spiro atoms. The van der Waals surface area contributed by atoms with Crippen molar-refractivity contribution in [3.63, 3.8) is 0 Å². The van der Waals surface area contributed by atoms with Crippen LogP contribution < -0.4 is 14.2 Å². The molecule has 0 aliphatic heterocycles. The number of carboxylic acids is 1. The van der Waals surface area contributed by atoms with Gasteiger partial charge in [-0.3, -0.25) is 0 Å². The van der Waals surface area contributed by atoms with Gasteiger partial charge in [0.05, 0.1) is 17.6 Å². The van der Waals surface area contributed by atoms with Gasteiger partial charge in [0.25, 0.3) is 0 Å². The molecule has 0 aliphatic carbocycles. The molecule has 0 amide bonds. The van der Waals surface area contributed by atoms with E-state index in [0.29, 0.717) is 24.5 Å². The molecule has 6 heteroatoms. The summed E-state index contributed by atoms with van der Waals surface area (Å²) >= 11 is 1.71. The molecule has 3 aromatic rings. The second-order valence-corrected chi connectivity index (χ2v) is 10.1. The zero-order valence-electron chi connectivity index (χ0n) is 21.0. The molecule has 0 fully saturated rings. The molecule has 0 bridgehead atoms. The molecule has 3 rings (SSSR count). The average molecular weight is 495 g/mol. The van der Waals surface area contributed by atoms with Crippen LogP contribution in [0.15, 0.2) is 76.5 Å². The predicted octanol–water partition coefficient (Wildman–Crippen LogP) is 7.19. The molecule has 0 saturated heterocycles. The minimum Gasteiger partial charge on any atom is -0.493 e. The third kappa shape index (κ3) is 7.69. The standard InChI is InChI=1S/C29H34O5S/c1-6-22-12-14-26(27(19-22)35-24-10-8-7-9-11-24)33-21(3)16-17-32-23-13-15-25(20(2)18-23)34-29(4,5)28(30)31/h7-15,18-19,21H,6,16-17H2,1-5H3,(H,30,31). The first-order chi connectivity index (χ1) is 16.7. The van der Waals surface area contributed by atoms with Crippen LogP contribution in [0, 0.1) is 6.92 Å². The van der Waals surface area contributed by atoms with Gasteiger partial charge in [-0.1, -0.05) is 43.0 Å². The number of rotatable bonds is 12. The third-order valence-electron chi connectivity index (χ3n) is 5.54. The van der Waals surface area contributed by atoms with Crippen LogP contribution in [-0.4, -0.2) is 29.4 Å². The molecule has 1 atom stereocenters. The van der Waals surface area contributed by atoms with E-state index in [2.05, 4.69) is 37.3 Å². The van der Waals surface area contributed by atoms with Crippen LogP contribution in [0.1, 0.15) is 45.2 Å². The largest absolute Gasteiger partial charge is 0.493 e. The van der Waals surface area contributed by atoms with Crippen LogP contribution in [0.4, 0.5) is 0 Å². The molecule has 3 aromatic carbocycles. The first kappa shape index (κ1) is 26.5. The Labute approximate surface area is 212 Å². The van der Waals surface area contributed by atoms with Crippen LogP contribution in [-0.2, 0) is 11.2 Å². The van der Waals surface area contributed by atoms with Gasteiger partial charge in [-0.05, 0) is 87.7 Å². The van der Waals surface area contributed by atoms with Gasteiger partial charge in [0.2, 0.25) is 0 Å². The Hall–Kier alpha value is -3.12. The molecule has 5 nitrogen and oxygen atoms in total. The molecular formula is C29H34O5S. The van der Waals surface area contributed by atoms with Gasteiger partial charge in [-0.15, -0.1) is 0 Å². The summed E-state index contributed by atoms with van der Waals surface area (Å²) in [5, 5.41) is 9.28.